The van der Waals surface area contributed by atoms with Gasteiger partial charge in [-0.3, -0.25) is 4.90 Å². The highest BCUT2D eigenvalue weighted by atomic mass is 16.5. The second-order valence-corrected chi connectivity index (χ2v) is 5.73. The molecule has 0 spiro atoms. The third kappa shape index (κ3) is 3.81. The van der Waals surface area contributed by atoms with Crippen molar-refractivity contribution in [2.75, 3.05) is 26.7 Å². The minimum atomic E-state index is -0.279. The smallest absolute Gasteiger partial charge is 0.337 e. The summed E-state index contributed by atoms with van der Waals surface area (Å²) in [5, 5.41) is 3.56. The molecule has 0 aromatic heterocycles. The number of rotatable bonds is 4. The lowest BCUT2D eigenvalue weighted by atomic mass is 10.0. The van der Waals surface area contributed by atoms with E-state index in [0.29, 0.717) is 17.5 Å². The van der Waals surface area contributed by atoms with Crippen LogP contribution in [0.25, 0.3) is 0 Å². The van der Waals surface area contributed by atoms with Crippen molar-refractivity contribution < 1.29 is 9.53 Å². The Morgan fingerprint density at radius 1 is 1.40 bits per heavy atom. The Bertz CT molecular complexity index is 442. The summed E-state index contributed by atoms with van der Waals surface area (Å²) in [4.78, 5) is 13.9. The summed E-state index contributed by atoms with van der Waals surface area (Å²) < 4.78 is 4.71. The van der Waals surface area contributed by atoms with Crippen LogP contribution in [0.15, 0.2) is 24.3 Å². The fourth-order valence-electron chi connectivity index (χ4n) is 2.55. The summed E-state index contributed by atoms with van der Waals surface area (Å²) in [6.07, 6.45) is 0. The van der Waals surface area contributed by atoms with Crippen LogP contribution < -0.4 is 5.32 Å². The van der Waals surface area contributed by atoms with E-state index < -0.39 is 0 Å². The summed E-state index contributed by atoms with van der Waals surface area (Å²) in [6.45, 7) is 8.65. The zero-order valence-electron chi connectivity index (χ0n) is 12.6. The monoisotopic (exact) mass is 276 g/mol. The molecule has 4 heteroatoms. The van der Waals surface area contributed by atoms with Gasteiger partial charge in [0.1, 0.15) is 0 Å². The van der Waals surface area contributed by atoms with Crippen molar-refractivity contribution in [3.05, 3.63) is 35.4 Å². The molecule has 0 amide bonds. The molecule has 4 nitrogen and oxygen atoms in total. The van der Waals surface area contributed by atoms with Gasteiger partial charge in [-0.15, -0.1) is 0 Å². The standard InChI is InChI=1S/C16H24N2O2/c1-12(2)15-11-18(9-8-17-15)10-13-4-6-14(7-5-13)16(19)20-3/h4-7,12,15,17H,8-11H2,1-3H3/t15-/m1/s1. The maximum Gasteiger partial charge on any atom is 0.337 e. The van der Waals surface area contributed by atoms with Gasteiger partial charge in [0.2, 0.25) is 0 Å². The van der Waals surface area contributed by atoms with Crippen LogP contribution in [0, 0.1) is 5.92 Å². The maximum atomic E-state index is 11.4. The maximum absolute atomic E-state index is 11.4. The molecule has 1 aliphatic heterocycles. The van der Waals surface area contributed by atoms with Gasteiger partial charge in [0, 0.05) is 32.2 Å². The van der Waals surface area contributed by atoms with Gasteiger partial charge in [-0.25, -0.2) is 4.79 Å². The molecule has 1 fully saturated rings. The molecule has 1 N–H and O–H groups in total. The molecule has 1 atom stereocenters. The van der Waals surface area contributed by atoms with E-state index in [1.54, 1.807) is 0 Å². The Balaban J connectivity index is 1.94. The third-order valence-electron chi connectivity index (χ3n) is 3.88. The zero-order valence-corrected chi connectivity index (χ0v) is 12.6. The molecule has 110 valence electrons. The number of hydrogen-bond acceptors (Lipinski definition) is 4. The van der Waals surface area contributed by atoms with Gasteiger partial charge < -0.3 is 10.1 Å². The summed E-state index contributed by atoms with van der Waals surface area (Å²) in [5.41, 5.74) is 1.85. The van der Waals surface area contributed by atoms with Gasteiger partial charge in [-0.05, 0) is 23.6 Å². The van der Waals surface area contributed by atoms with Crippen molar-refractivity contribution >= 4 is 5.97 Å². The van der Waals surface area contributed by atoms with Crippen molar-refractivity contribution in [2.24, 2.45) is 5.92 Å². The van der Waals surface area contributed by atoms with Gasteiger partial charge in [0.05, 0.1) is 12.7 Å². The minimum Gasteiger partial charge on any atom is -0.465 e. The number of ether oxygens (including phenoxy) is 1. The molecule has 2 rings (SSSR count). The molecule has 0 saturated carbocycles. The number of methoxy groups -OCH3 is 1. The van der Waals surface area contributed by atoms with Crippen molar-refractivity contribution in [3.8, 4) is 0 Å². The molecular formula is C16H24N2O2. The van der Waals surface area contributed by atoms with Gasteiger partial charge in [0.15, 0.2) is 0 Å². The number of esters is 1. The normalized spacial score (nSPS) is 20.1. The zero-order chi connectivity index (χ0) is 14.5. The van der Waals surface area contributed by atoms with E-state index in [4.69, 9.17) is 4.74 Å². The first kappa shape index (κ1) is 15.0. The summed E-state index contributed by atoms with van der Waals surface area (Å²) >= 11 is 0. The lowest BCUT2D eigenvalue weighted by Gasteiger charge is -2.35. The lowest BCUT2D eigenvalue weighted by Crippen LogP contribution is -2.52. The van der Waals surface area contributed by atoms with Crippen molar-refractivity contribution in [1.29, 1.82) is 0 Å². The Kier molecular flexibility index (Phi) is 5.15. The molecule has 1 aromatic rings. The van der Waals surface area contributed by atoms with Gasteiger partial charge in [-0.1, -0.05) is 26.0 Å². The molecule has 0 unspecified atom stereocenters. The van der Waals surface area contributed by atoms with Crippen LogP contribution in [-0.2, 0) is 11.3 Å². The predicted octanol–water partition coefficient (Wildman–Crippen LogP) is 1.90. The molecule has 1 heterocycles. The largest absolute Gasteiger partial charge is 0.465 e. The van der Waals surface area contributed by atoms with Crippen molar-refractivity contribution in [3.63, 3.8) is 0 Å². The van der Waals surface area contributed by atoms with Crippen LogP contribution in [0.1, 0.15) is 29.8 Å². The lowest BCUT2D eigenvalue weighted by molar-refractivity contribution is 0.0600. The van der Waals surface area contributed by atoms with E-state index in [2.05, 4.69) is 24.1 Å². The minimum absolute atomic E-state index is 0.279. The van der Waals surface area contributed by atoms with Crippen LogP contribution in [0.2, 0.25) is 0 Å². The molecule has 1 saturated heterocycles. The second kappa shape index (κ2) is 6.86. The van der Waals surface area contributed by atoms with Crippen molar-refractivity contribution in [1.82, 2.24) is 10.2 Å². The van der Waals surface area contributed by atoms with E-state index in [0.717, 1.165) is 26.2 Å². The van der Waals surface area contributed by atoms with E-state index in [9.17, 15) is 4.79 Å². The first-order valence-electron chi connectivity index (χ1n) is 7.23. The third-order valence-corrected chi connectivity index (χ3v) is 3.88. The fraction of sp³-hybridized carbons (Fsp3) is 0.562. The highest BCUT2D eigenvalue weighted by Gasteiger charge is 2.21. The van der Waals surface area contributed by atoms with Crippen LogP contribution >= 0.6 is 0 Å². The number of carbonyl (C=O) groups is 1. The Morgan fingerprint density at radius 3 is 2.70 bits per heavy atom. The van der Waals surface area contributed by atoms with Gasteiger partial charge in [0.25, 0.3) is 0 Å². The first-order chi connectivity index (χ1) is 9.60. The fourth-order valence-corrected chi connectivity index (χ4v) is 2.55. The number of carbonyl (C=O) groups excluding carboxylic acids is 1. The summed E-state index contributed by atoms with van der Waals surface area (Å²) in [7, 11) is 1.41. The molecule has 0 radical (unpaired) electrons. The molecule has 20 heavy (non-hydrogen) atoms. The molecular weight excluding hydrogens is 252 g/mol. The Morgan fingerprint density at radius 2 is 2.10 bits per heavy atom. The number of benzene rings is 1. The van der Waals surface area contributed by atoms with E-state index in [1.807, 2.05) is 24.3 Å². The molecule has 1 aromatic carbocycles. The average molecular weight is 276 g/mol. The molecule has 1 aliphatic rings. The van der Waals surface area contributed by atoms with E-state index in [1.165, 1.54) is 12.7 Å². The van der Waals surface area contributed by atoms with E-state index >= 15 is 0 Å². The second-order valence-electron chi connectivity index (χ2n) is 5.73. The predicted molar refractivity (Wildman–Crippen MR) is 79.7 cm³/mol. The molecule has 0 bridgehead atoms. The number of hydrogen-bond donors (Lipinski definition) is 1. The van der Waals surface area contributed by atoms with Crippen LogP contribution in [0.5, 0.6) is 0 Å². The van der Waals surface area contributed by atoms with E-state index in [-0.39, 0.29) is 5.97 Å². The van der Waals surface area contributed by atoms with Crippen molar-refractivity contribution in [2.45, 2.75) is 26.4 Å². The highest BCUT2D eigenvalue weighted by Crippen LogP contribution is 2.13. The number of piperazine rings is 1. The SMILES string of the molecule is COC(=O)c1ccc(CN2CCN[C@@H](C(C)C)C2)cc1. The van der Waals surface area contributed by atoms with Crippen LogP contribution in [0.4, 0.5) is 0 Å². The topological polar surface area (TPSA) is 41.6 Å². The van der Waals surface area contributed by atoms with Gasteiger partial charge in [-0.2, -0.15) is 0 Å². The van der Waals surface area contributed by atoms with Gasteiger partial charge >= 0.3 is 5.97 Å². The average Bonchev–Trinajstić information content (AvgIpc) is 2.47. The quantitative estimate of drug-likeness (QED) is 0.853. The van der Waals surface area contributed by atoms with Crippen LogP contribution in [0.3, 0.4) is 0 Å². The highest BCUT2D eigenvalue weighted by molar-refractivity contribution is 5.89. The molecule has 0 aliphatic carbocycles. The number of nitrogens with zero attached hydrogens (tertiary/aromatic N) is 1. The summed E-state index contributed by atoms with van der Waals surface area (Å²) in [5.74, 6) is 0.373. The Labute approximate surface area is 121 Å². The van der Waals surface area contributed by atoms with Crippen LogP contribution in [-0.4, -0.2) is 43.7 Å². The summed E-state index contributed by atoms with van der Waals surface area (Å²) in [6, 6.07) is 8.27. The Hall–Kier alpha value is -1.39. The number of nitrogens with one attached hydrogen (secondary N) is 1. The first-order valence-corrected chi connectivity index (χ1v) is 7.23.